The van der Waals surface area contributed by atoms with Gasteiger partial charge in [0.05, 0.1) is 16.8 Å². The summed E-state index contributed by atoms with van der Waals surface area (Å²) in [5.74, 6) is 1.38. The van der Waals surface area contributed by atoms with Crippen LogP contribution in [0.25, 0.3) is 11.2 Å². The van der Waals surface area contributed by atoms with Gasteiger partial charge in [-0.05, 0) is 18.6 Å². The van der Waals surface area contributed by atoms with Crippen LogP contribution in [-0.4, -0.2) is 54.2 Å². The van der Waals surface area contributed by atoms with Crippen LogP contribution in [0.5, 0.6) is 0 Å². The highest BCUT2D eigenvalue weighted by Gasteiger charge is 2.28. The smallest absolute Gasteiger partial charge is 0.207 e. The van der Waals surface area contributed by atoms with Crippen LogP contribution in [0, 0.1) is 0 Å². The Labute approximate surface area is 172 Å². The van der Waals surface area contributed by atoms with Gasteiger partial charge < -0.3 is 10.0 Å². The fraction of sp³-hybridized carbons (Fsp3) is 0.500. The molecular formula is C18H21Cl2N7O. The molecule has 1 aliphatic heterocycles. The van der Waals surface area contributed by atoms with E-state index >= 15 is 0 Å². The molecule has 1 atom stereocenters. The Morgan fingerprint density at radius 2 is 1.93 bits per heavy atom. The van der Waals surface area contributed by atoms with Gasteiger partial charge in [-0.15, -0.1) is 10.2 Å². The quantitative estimate of drug-likeness (QED) is 0.649. The lowest BCUT2D eigenvalue weighted by Crippen LogP contribution is -2.25. The molecule has 0 spiro atoms. The van der Waals surface area contributed by atoms with Gasteiger partial charge in [0.2, 0.25) is 5.65 Å². The fourth-order valence-electron chi connectivity index (χ4n) is 3.10. The molecule has 1 N–H and O–H groups in total. The van der Waals surface area contributed by atoms with Crippen LogP contribution in [0.1, 0.15) is 38.7 Å². The second-order valence-corrected chi connectivity index (χ2v) is 8.77. The van der Waals surface area contributed by atoms with E-state index in [1.54, 1.807) is 12.1 Å². The van der Waals surface area contributed by atoms with Crippen LogP contribution in [0.3, 0.4) is 0 Å². The Kier molecular flexibility index (Phi) is 4.89. The largest absolute Gasteiger partial charge is 0.391 e. The molecular weight excluding hydrogens is 401 g/mol. The average molecular weight is 422 g/mol. The summed E-state index contributed by atoms with van der Waals surface area (Å²) < 4.78 is 0. The van der Waals surface area contributed by atoms with Crippen molar-refractivity contribution in [2.45, 2.75) is 45.3 Å². The lowest BCUT2D eigenvalue weighted by molar-refractivity contribution is 0.198. The van der Waals surface area contributed by atoms with Crippen LogP contribution in [0.4, 0.5) is 5.82 Å². The number of aliphatic hydroxyl groups is 1. The number of hydrogen-bond donors (Lipinski definition) is 1. The molecule has 0 saturated carbocycles. The molecule has 1 unspecified atom stereocenters. The van der Waals surface area contributed by atoms with E-state index in [2.05, 4.69) is 40.9 Å². The molecule has 4 rings (SSSR count). The maximum absolute atomic E-state index is 9.96. The van der Waals surface area contributed by atoms with Gasteiger partial charge in [-0.1, -0.05) is 44.0 Å². The van der Waals surface area contributed by atoms with E-state index in [1.807, 2.05) is 4.90 Å². The summed E-state index contributed by atoms with van der Waals surface area (Å²) in [6.07, 6.45) is 0.333. The molecule has 3 aromatic rings. The predicted molar refractivity (Wildman–Crippen MR) is 108 cm³/mol. The topological polar surface area (TPSA) is 92.8 Å². The number of fused-ring (bicyclic) bond motifs is 1. The van der Waals surface area contributed by atoms with Crippen LogP contribution < -0.4 is 4.90 Å². The Bertz CT molecular complexity index is 1030. The summed E-state index contributed by atoms with van der Waals surface area (Å²) in [7, 11) is 0. The normalized spacial score (nSPS) is 17.6. The minimum absolute atomic E-state index is 0.247. The molecule has 4 heterocycles. The van der Waals surface area contributed by atoms with Gasteiger partial charge in [0.15, 0.2) is 11.3 Å². The molecule has 0 aliphatic carbocycles. The number of anilines is 1. The minimum Gasteiger partial charge on any atom is -0.391 e. The van der Waals surface area contributed by atoms with Crippen molar-refractivity contribution in [3.63, 3.8) is 0 Å². The number of β-amino-alcohol motifs (C(OH)–C–C–N with tert-alkyl or cyclic N) is 1. The van der Waals surface area contributed by atoms with Gasteiger partial charge in [0, 0.05) is 18.5 Å². The first-order valence-electron chi connectivity index (χ1n) is 9.08. The maximum Gasteiger partial charge on any atom is 0.207 e. The summed E-state index contributed by atoms with van der Waals surface area (Å²) in [5.41, 5.74) is 1.44. The summed E-state index contributed by atoms with van der Waals surface area (Å²) in [6.45, 7) is 7.66. The summed E-state index contributed by atoms with van der Waals surface area (Å²) in [4.78, 5) is 17.2. The minimum atomic E-state index is -0.368. The third-order valence-corrected chi connectivity index (χ3v) is 5.14. The van der Waals surface area contributed by atoms with E-state index in [0.29, 0.717) is 58.2 Å². The fourth-order valence-corrected chi connectivity index (χ4v) is 3.43. The number of rotatable bonds is 3. The Morgan fingerprint density at radius 3 is 2.61 bits per heavy atom. The Morgan fingerprint density at radius 1 is 1.14 bits per heavy atom. The standard InChI is InChI=1S/C18H21Cl2N7O/c1-18(2,3)17-22-15-14(16(23-17)26-7-6-10(28)8-26)24-27(25-15)9-12-11(19)4-5-13(20)21-12/h4-5,10,28H,6-9H2,1-3H3. The monoisotopic (exact) mass is 421 g/mol. The molecule has 0 bridgehead atoms. The lowest BCUT2D eigenvalue weighted by atomic mass is 9.96. The Hall–Kier alpha value is -2.03. The molecule has 10 heteroatoms. The van der Waals surface area contributed by atoms with E-state index < -0.39 is 0 Å². The number of nitrogens with zero attached hydrogens (tertiary/aromatic N) is 7. The van der Waals surface area contributed by atoms with Gasteiger partial charge in [0.25, 0.3) is 0 Å². The zero-order valence-electron chi connectivity index (χ0n) is 15.9. The highest BCUT2D eigenvalue weighted by Crippen LogP contribution is 2.29. The van der Waals surface area contributed by atoms with E-state index in [1.165, 1.54) is 4.80 Å². The van der Waals surface area contributed by atoms with Crippen LogP contribution in [0.15, 0.2) is 12.1 Å². The van der Waals surface area contributed by atoms with E-state index in [0.717, 1.165) is 0 Å². The summed E-state index contributed by atoms with van der Waals surface area (Å²) >= 11 is 12.2. The molecule has 0 amide bonds. The van der Waals surface area contributed by atoms with Crippen molar-refractivity contribution < 1.29 is 5.11 Å². The van der Waals surface area contributed by atoms with E-state index in [4.69, 9.17) is 28.2 Å². The van der Waals surface area contributed by atoms with Crippen LogP contribution in [-0.2, 0) is 12.0 Å². The first kappa shape index (κ1) is 19.3. The second kappa shape index (κ2) is 7.09. The second-order valence-electron chi connectivity index (χ2n) is 7.97. The van der Waals surface area contributed by atoms with Crippen molar-refractivity contribution in [3.8, 4) is 0 Å². The van der Waals surface area contributed by atoms with Gasteiger partial charge in [0.1, 0.15) is 17.5 Å². The van der Waals surface area contributed by atoms with E-state index in [9.17, 15) is 5.11 Å². The molecule has 148 valence electrons. The van der Waals surface area contributed by atoms with Crippen LogP contribution >= 0.6 is 23.2 Å². The molecule has 3 aromatic heterocycles. The number of hydrogen-bond acceptors (Lipinski definition) is 7. The zero-order valence-corrected chi connectivity index (χ0v) is 17.4. The van der Waals surface area contributed by atoms with Crippen LogP contribution in [0.2, 0.25) is 10.2 Å². The first-order valence-corrected chi connectivity index (χ1v) is 9.83. The SMILES string of the molecule is CC(C)(C)c1nc(N2CCC(O)C2)c2nn(Cc3nc(Cl)ccc3Cl)nc2n1. The van der Waals surface area contributed by atoms with Crippen molar-refractivity contribution in [3.05, 3.63) is 33.8 Å². The van der Waals surface area contributed by atoms with Crippen molar-refractivity contribution in [1.29, 1.82) is 0 Å². The van der Waals surface area contributed by atoms with E-state index in [-0.39, 0.29) is 18.1 Å². The molecule has 1 saturated heterocycles. The molecule has 8 nitrogen and oxygen atoms in total. The third-order valence-electron chi connectivity index (χ3n) is 4.58. The van der Waals surface area contributed by atoms with Gasteiger partial charge in [-0.3, -0.25) is 0 Å². The molecule has 1 fully saturated rings. The van der Waals surface area contributed by atoms with Crippen molar-refractivity contribution in [2.24, 2.45) is 0 Å². The number of aromatic nitrogens is 6. The highest BCUT2D eigenvalue weighted by molar-refractivity contribution is 6.32. The average Bonchev–Trinajstić information content (AvgIpc) is 3.22. The van der Waals surface area contributed by atoms with Gasteiger partial charge in [-0.25, -0.2) is 15.0 Å². The molecule has 28 heavy (non-hydrogen) atoms. The first-order chi connectivity index (χ1) is 13.2. The number of pyridine rings is 1. The maximum atomic E-state index is 9.96. The van der Waals surface area contributed by atoms with Crippen molar-refractivity contribution in [2.75, 3.05) is 18.0 Å². The van der Waals surface area contributed by atoms with Crippen molar-refractivity contribution >= 4 is 40.2 Å². The zero-order chi connectivity index (χ0) is 20.1. The Balaban J connectivity index is 1.79. The van der Waals surface area contributed by atoms with Gasteiger partial charge >= 0.3 is 0 Å². The summed E-state index contributed by atoms with van der Waals surface area (Å²) in [6, 6.07) is 3.34. The molecule has 0 aromatic carbocycles. The highest BCUT2D eigenvalue weighted by atomic mass is 35.5. The lowest BCUT2D eigenvalue weighted by Gasteiger charge is -2.21. The van der Waals surface area contributed by atoms with Crippen molar-refractivity contribution in [1.82, 2.24) is 29.9 Å². The number of halogens is 2. The molecule has 0 radical (unpaired) electrons. The molecule has 1 aliphatic rings. The predicted octanol–water partition coefficient (Wildman–Crippen LogP) is 2.84. The van der Waals surface area contributed by atoms with Gasteiger partial charge in [-0.2, -0.15) is 4.80 Å². The number of aliphatic hydroxyl groups excluding tert-OH is 1. The summed E-state index contributed by atoms with van der Waals surface area (Å²) in [5, 5.41) is 19.9. The third kappa shape index (κ3) is 3.76.